The summed E-state index contributed by atoms with van der Waals surface area (Å²) in [6.45, 7) is 3.36. The summed E-state index contributed by atoms with van der Waals surface area (Å²) in [5, 5.41) is 6.59. The molecule has 0 unspecified atom stereocenters. The second-order valence-corrected chi connectivity index (χ2v) is 7.04. The van der Waals surface area contributed by atoms with Crippen LogP contribution < -0.4 is 5.32 Å². The van der Waals surface area contributed by atoms with Crippen molar-refractivity contribution < 1.29 is 4.79 Å². The molecule has 0 spiro atoms. The Kier molecular flexibility index (Phi) is 3.90. The van der Waals surface area contributed by atoms with Gasteiger partial charge in [0.2, 0.25) is 5.91 Å². The average molecular weight is 367 g/mol. The van der Waals surface area contributed by atoms with Gasteiger partial charge in [0.1, 0.15) is 6.54 Å². The fourth-order valence-electron chi connectivity index (χ4n) is 4.11. The molecule has 0 saturated carbocycles. The van der Waals surface area contributed by atoms with Crippen LogP contribution in [-0.2, 0) is 17.9 Å². The number of para-hydroxylation sites is 2. The van der Waals surface area contributed by atoms with Gasteiger partial charge in [-0.1, -0.05) is 36.4 Å². The van der Waals surface area contributed by atoms with Crippen LogP contribution in [0.5, 0.6) is 0 Å². The van der Waals surface area contributed by atoms with E-state index >= 15 is 0 Å². The molecule has 0 bridgehead atoms. The lowest BCUT2D eigenvalue weighted by molar-refractivity contribution is -0.116. The molecular formula is C24H21N3O. The number of amides is 1. The molecule has 4 nitrogen and oxygen atoms in total. The number of rotatable bonds is 4. The van der Waals surface area contributed by atoms with Crippen LogP contribution in [0.15, 0.2) is 79.0 Å². The first-order valence-corrected chi connectivity index (χ1v) is 9.59. The molecule has 138 valence electrons. The Hall–Kier alpha value is -3.53. The highest BCUT2D eigenvalue weighted by atomic mass is 16.1. The number of aromatic nitrogens is 2. The lowest BCUT2D eigenvalue weighted by atomic mass is 10.1. The maximum Gasteiger partial charge on any atom is 0.244 e. The van der Waals surface area contributed by atoms with Crippen LogP contribution in [0, 0.1) is 0 Å². The summed E-state index contributed by atoms with van der Waals surface area (Å²) >= 11 is 0. The first-order valence-electron chi connectivity index (χ1n) is 9.59. The highest BCUT2D eigenvalue weighted by molar-refractivity contribution is 6.09. The molecule has 0 aliphatic carbocycles. The number of anilines is 1. The van der Waals surface area contributed by atoms with E-state index in [0.29, 0.717) is 6.54 Å². The van der Waals surface area contributed by atoms with Crippen LogP contribution in [0.1, 0.15) is 6.92 Å². The number of fused-ring (bicyclic) bond motifs is 4. The van der Waals surface area contributed by atoms with Gasteiger partial charge < -0.3 is 14.5 Å². The second-order valence-electron chi connectivity index (χ2n) is 7.04. The van der Waals surface area contributed by atoms with Crippen molar-refractivity contribution in [1.29, 1.82) is 0 Å². The van der Waals surface area contributed by atoms with Gasteiger partial charge in [-0.2, -0.15) is 0 Å². The van der Waals surface area contributed by atoms with E-state index in [4.69, 9.17) is 0 Å². The Bertz CT molecular complexity index is 1330. The first kappa shape index (κ1) is 16.6. The van der Waals surface area contributed by atoms with E-state index in [2.05, 4.69) is 59.3 Å². The highest BCUT2D eigenvalue weighted by Gasteiger charge is 2.11. The third-order valence-corrected chi connectivity index (χ3v) is 5.37. The standard InChI is InChI=1S/C24H21N3O/c1-2-27-22-10-6-4-8-19(22)20-15-18(11-12-23(20)27)25-24(28)16-26-14-13-17-7-3-5-9-21(17)26/h3-15H,2,16H2,1H3,(H,25,28). The molecule has 0 saturated heterocycles. The molecule has 2 heterocycles. The van der Waals surface area contributed by atoms with Gasteiger partial charge in [0.05, 0.1) is 0 Å². The largest absolute Gasteiger partial charge is 0.341 e. The van der Waals surface area contributed by atoms with Crippen molar-refractivity contribution >= 4 is 44.3 Å². The molecule has 5 aromatic rings. The monoisotopic (exact) mass is 367 g/mol. The van der Waals surface area contributed by atoms with Crippen LogP contribution in [-0.4, -0.2) is 15.0 Å². The number of aryl methyl sites for hydroxylation is 1. The van der Waals surface area contributed by atoms with Gasteiger partial charge in [-0.15, -0.1) is 0 Å². The molecular weight excluding hydrogens is 346 g/mol. The van der Waals surface area contributed by atoms with Gasteiger partial charge in [-0.25, -0.2) is 0 Å². The van der Waals surface area contributed by atoms with Gasteiger partial charge in [0.25, 0.3) is 0 Å². The van der Waals surface area contributed by atoms with E-state index in [-0.39, 0.29) is 5.91 Å². The van der Waals surface area contributed by atoms with E-state index in [9.17, 15) is 4.79 Å². The Balaban J connectivity index is 1.46. The molecule has 5 rings (SSSR count). The summed E-state index contributed by atoms with van der Waals surface area (Å²) in [6, 6.07) is 24.7. The molecule has 28 heavy (non-hydrogen) atoms. The quantitative estimate of drug-likeness (QED) is 0.453. The molecule has 0 fully saturated rings. The molecule has 0 radical (unpaired) electrons. The lowest BCUT2D eigenvalue weighted by Gasteiger charge is -2.08. The fraction of sp³-hybridized carbons (Fsp3) is 0.125. The third kappa shape index (κ3) is 2.65. The topological polar surface area (TPSA) is 39.0 Å². The van der Waals surface area contributed by atoms with Crippen LogP contribution in [0.25, 0.3) is 32.7 Å². The Morgan fingerprint density at radius 2 is 1.61 bits per heavy atom. The summed E-state index contributed by atoms with van der Waals surface area (Å²) in [5.74, 6) is -0.0278. The van der Waals surface area contributed by atoms with Crippen molar-refractivity contribution in [3.63, 3.8) is 0 Å². The van der Waals surface area contributed by atoms with Gasteiger partial charge in [0, 0.05) is 45.8 Å². The molecule has 0 aliphatic heterocycles. The summed E-state index contributed by atoms with van der Waals surface area (Å²) in [7, 11) is 0. The van der Waals surface area contributed by atoms with Gasteiger partial charge in [-0.05, 0) is 48.7 Å². The van der Waals surface area contributed by atoms with Crippen molar-refractivity contribution in [2.75, 3.05) is 5.32 Å². The van der Waals surface area contributed by atoms with Crippen LogP contribution in [0.2, 0.25) is 0 Å². The van der Waals surface area contributed by atoms with Gasteiger partial charge in [0.15, 0.2) is 0 Å². The molecule has 3 aromatic carbocycles. The van der Waals surface area contributed by atoms with Gasteiger partial charge in [-0.3, -0.25) is 4.79 Å². The second kappa shape index (κ2) is 6.57. The zero-order chi connectivity index (χ0) is 19.1. The normalized spacial score (nSPS) is 11.5. The summed E-state index contributed by atoms with van der Waals surface area (Å²) in [6.07, 6.45) is 1.96. The van der Waals surface area contributed by atoms with E-state index in [1.807, 2.05) is 41.1 Å². The number of carbonyl (C=O) groups excluding carboxylic acids is 1. The predicted octanol–water partition coefficient (Wildman–Crippen LogP) is 5.41. The van der Waals surface area contributed by atoms with Crippen molar-refractivity contribution in [2.45, 2.75) is 20.0 Å². The zero-order valence-electron chi connectivity index (χ0n) is 15.7. The maximum absolute atomic E-state index is 12.6. The minimum Gasteiger partial charge on any atom is -0.341 e. The average Bonchev–Trinajstić information content (AvgIpc) is 3.27. The third-order valence-electron chi connectivity index (χ3n) is 5.37. The van der Waals surface area contributed by atoms with Crippen molar-refractivity contribution in [3.8, 4) is 0 Å². The molecule has 1 amide bonds. The number of hydrogen-bond donors (Lipinski definition) is 1. The van der Waals surface area contributed by atoms with Crippen LogP contribution >= 0.6 is 0 Å². The van der Waals surface area contributed by atoms with E-state index in [0.717, 1.165) is 23.1 Å². The number of carbonyl (C=O) groups is 1. The Labute approximate surface area is 163 Å². The minimum absolute atomic E-state index is 0.0278. The number of nitrogens with one attached hydrogen (secondary N) is 1. The van der Waals surface area contributed by atoms with Crippen molar-refractivity contribution in [1.82, 2.24) is 9.13 Å². The van der Waals surface area contributed by atoms with Crippen molar-refractivity contribution in [3.05, 3.63) is 79.0 Å². The highest BCUT2D eigenvalue weighted by Crippen LogP contribution is 2.31. The van der Waals surface area contributed by atoms with Crippen LogP contribution in [0.3, 0.4) is 0 Å². The lowest BCUT2D eigenvalue weighted by Crippen LogP contribution is -2.18. The number of benzene rings is 3. The smallest absolute Gasteiger partial charge is 0.244 e. The molecule has 2 aromatic heterocycles. The van der Waals surface area contributed by atoms with Gasteiger partial charge >= 0.3 is 0 Å². The Morgan fingerprint density at radius 3 is 2.46 bits per heavy atom. The fourth-order valence-corrected chi connectivity index (χ4v) is 4.11. The van der Waals surface area contributed by atoms with E-state index < -0.39 is 0 Å². The van der Waals surface area contributed by atoms with E-state index in [1.165, 1.54) is 21.8 Å². The zero-order valence-corrected chi connectivity index (χ0v) is 15.7. The van der Waals surface area contributed by atoms with E-state index in [1.54, 1.807) is 0 Å². The van der Waals surface area contributed by atoms with Crippen molar-refractivity contribution in [2.24, 2.45) is 0 Å². The molecule has 1 N–H and O–H groups in total. The molecule has 0 aliphatic rings. The molecule has 0 atom stereocenters. The SMILES string of the molecule is CCn1c2ccccc2c2cc(NC(=O)Cn3ccc4ccccc43)ccc21. The summed E-state index contributed by atoms with van der Waals surface area (Å²) < 4.78 is 4.29. The maximum atomic E-state index is 12.6. The summed E-state index contributed by atoms with van der Waals surface area (Å²) in [5.41, 5.74) is 4.31. The minimum atomic E-state index is -0.0278. The molecule has 4 heteroatoms. The summed E-state index contributed by atoms with van der Waals surface area (Å²) in [4.78, 5) is 12.6. The number of hydrogen-bond acceptors (Lipinski definition) is 1. The number of nitrogens with zero attached hydrogens (tertiary/aromatic N) is 2. The Morgan fingerprint density at radius 1 is 0.857 bits per heavy atom. The first-order chi connectivity index (χ1) is 13.7. The predicted molar refractivity (Wildman–Crippen MR) is 116 cm³/mol. The van der Waals surface area contributed by atoms with Crippen LogP contribution in [0.4, 0.5) is 5.69 Å².